The minimum atomic E-state index is -0.349. The van der Waals surface area contributed by atoms with Gasteiger partial charge in [0.15, 0.2) is 11.2 Å². The Hall–Kier alpha value is -3.87. The Morgan fingerprint density at radius 3 is 2.31 bits per heavy atom. The number of aryl methyl sites for hydroxylation is 3. The summed E-state index contributed by atoms with van der Waals surface area (Å²) in [6.45, 7) is 4.44. The van der Waals surface area contributed by atoms with Gasteiger partial charge in [0, 0.05) is 25.5 Å². The van der Waals surface area contributed by atoms with E-state index in [0.29, 0.717) is 29.9 Å². The first kappa shape index (κ1) is 20.1. The summed E-state index contributed by atoms with van der Waals surface area (Å²) in [5.41, 5.74) is 3.40. The standard InChI is InChI=1S/C25H25N5O2/c1-17-16-29-21-22(26-24(29)30(17)18(2)20-12-8-5-9-13-20)27(3)25(32)28(23(21)31)15-14-19-10-6-4-7-11-19/h4-13,16,18H,14-15H2,1-3H3/t18-/m1/s1. The fourth-order valence-electron chi connectivity index (χ4n) is 4.47. The molecule has 5 rings (SSSR count). The van der Waals surface area contributed by atoms with E-state index in [2.05, 4.69) is 23.6 Å². The van der Waals surface area contributed by atoms with Gasteiger partial charge in [-0.15, -0.1) is 0 Å². The lowest BCUT2D eigenvalue weighted by Gasteiger charge is -2.16. The van der Waals surface area contributed by atoms with E-state index in [1.807, 2.05) is 66.1 Å². The van der Waals surface area contributed by atoms with Crippen molar-refractivity contribution in [2.24, 2.45) is 7.05 Å². The van der Waals surface area contributed by atoms with Crippen LogP contribution in [0.25, 0.3) is 16.9 Å². The average molecular weight is 428 g/mol. The van der Waals surface area contributed by atoms with E-state index in [1.54, 1.807) is 7.05 Å². The number of hydrogen-bond donors (Lipinski definition) is 0. The van der Waals surface area contributed by atoms with E-state index < -0.39 is 0 Å². The number of aromatic nitrogens is 5. The number of benzene rings is 2. The highest BCUT2D eigenvalue weighted by Crippen LogP contribution is 2.25. The van der Waals surface area contributed by atoms with Gasteiger partial charge in [0.1, 0.15) is 0 Å². The van der Waals surface area contributed by atoms with E-state index in [1.165, 1.54) is 9.13 Å². The molecule has 2 aromatic carbocycles. The molecule has 0 saturated heterocycles. The molecule has 3 heterocycles. The smallest absolute Gasteiger partial charge is 0.307 e. The minimum absolute atomic E-state index is 0.0304. The van der Waals surface area contributed by atoms with Crippen LogP contribution in [0.4, 0.5) is 0 Å². The number of hydrogen-bond acceptors (Lipinski definition) is 3. The highest BCUT2D eigenvalue weighted by Gasteiger charge is 2.22. The van der Waals surface area contributed by atoms with Crippen LogP contribution in [0.5, 0.6) is 0 Å². The first-order chi connectivity index (χ1) is 15.5. The van der Waals surface area contributed by atoms with E-state index >= 15 is 0 Å². The zero-order chi connectivity index (χ0) is 22.4. The summed E-state index contributed by atoms with van der Waals surface area (Å²) in [5, 5.41) is 0. The minimum Gasteiger partial charge on any atom is -0.307 e. The van der Waals surface area contributed by atoms with Crippen LogP contribution in [-0.2, 0) is 20.0 Å². The fraction of sp³-hybridized carbons (Fsp3) is 0.240. The average Bonchev–Trinajstić information content (AvgIpc) is 3.33. The zero-order valence-corrected chi connectivity index (χ0v) is 18.4. The van der Waals surface area contributed by atoms with E-state index in [-0.39, 0.29) is 17.3 Å². The van der Waals surface area contributed by atoms with Crippen molar-refractivity contribution in [3.8, 4) is 0 Å². The maximum atomic E-state index is 13.4. The molecule has 0 spiro atoms. The summed E-state index contributed by atoms with van der Waals surface area (Å²) in [6.07, 6.45) is 2.53. The first-order valence-electron chi connectivity index (χ1n) is 10.8. The van der Waals surface area contributed by atoms with Crippen LogP contribution in [0.3, 0.4) is 0 Å². The van der Waals surface area contributed by atoms with Crippen LogP contribution in [0.15, 0.2) is 76.4 Å². The van der Waals surface area contributed by atoms with Gasteiger partial charge >= 0.3 is 5.69 Å². The molecule has 1 atom stereocenters. The molecule has 7 heteroatoms. The fourth-order valence-corrected chi connectivity index (χ4v) is 4.47. The maximum Gasteiger partial charge on any atom is 0.332 e. The monoisotopic (exact) mass is 427 g/mol. The third-order valence-corrected chi connectivity index (χ3v) is 6.20. The van der Waals surface area contributed by atoms with Crippen molar-refractivity contribution in [1.29, 1.82) is 0 Å². The molecular weight excluding hydrogens is 402 g/mol. The summed E-state index contributed by atoms with van der Waals surface area (Å²) >= 11 is 0. The van der Waals surface area contributed by atoms with Gasteiger partial charge in [0.25, 0.3) is 5.56 Å². The van der Waals surface area contributed by atoms with Crippen LogP contribution in [0, 0.1) is 6.92 Å². The molecule has 0 unspecified atom stereocenters. The maximum absolute atomic E-state index is 13.4. The van der Waals surface area contributed by atoms with Crippen molar-refractivity contribution < 1.29 is 0 Å². The van der Waals surface area contributed by atoms with Crippen LogP contribution in [0.2, 0.25) is 0 Å². The molecule has 0 saturated carbocycles. The van der Waals surface area contributed by atoms with Gasteiger partial charge < -0.3 is 4.57 Å². The third kappa shape index (κ3) is 3.09. The van der Waals surface area contributed by atoms with Gasteiger partial charge in [0.2, 0.25) is 5.78 Å². The quantitative estimate of drug-likeness (QED) is 0.432. The summed E-state index contributed by atoms with van der Waals surface area (Å²) in [7, 11) is 1.67. The van der Waals surface area contributed by atoms with Crippen LogP contribution >= 0.6 is 0 Å². The first-order valence-corrected chi connectivity index (χ1v) is 10.8. The molecule has 0 radical (unpaired) electrons. The highest BCUT2D eigenvalue weighted by molar-refractivity contribution is 5.75. The molecule has 0 amide bonds. The van der Waals surface area contributed by atoms with Crippen LogP contribution < -0.4 is 11.2 Å². The van der Waals surface area contributed by atoms with Gasteiger partial charge in [-0.05, 0) is 31.4 Å². The largest absolute Gasteiger partial charge is 0.332 e. The molecule has 0 bridgehead atoms. The second-order valence-corrected chi connectivity index (χ2v) is 8.22. The molecule has 32 heavy (non-hydrogen) atoms. The van der Waals surface area contributed by atoms with Gasteiger partial charge in [-0.3, -0.25) is 18.3 Å². The topological polar surface area (TPSA) is 66.2 Å². The number of nitrogens with zero attached hydrogens (tertiary/aromatic N) is 5. The van der Waals surface area contributed by atoms with E-state index in [9.17, 15) is 9.59 Å². The molecule has 3 aromatic heterocycles. The van der Waals surface area contributed by atoms with Crippen molar-refractivity contribution >= 4 is 16.9 Å². The summed E-state index contributed by atoms with van der Waals surface area (Å²) in [6, 6.07) is 20.1. The summed E-state index contributed by atoms with van der Waals surface area (Å²) < 4.78 is 6.72. The summed E-state index contributed by atoms with van der Waals surface area (Å²) in [4.78, 5) is 31.2. The normalized spacial score (nSPS) is 12.6. The van der Waals surface area contributed by atoms with Crippen molar-refractivity contribution in [1.82, 2.24) is 23.1 Å². The van der Waals surface area contributed by atoms with Gasteiger partial charge in [-0.1, -0.05) is 60.7 Å². The Morgan fingerprint density at radius 1 is 0.969 bits per heavy atom. The van der Waals surface area contributed by atoms with Gasteiger partial charge in [0.05, 0.1) is 6.04 Å². The van der Waals surface area contributed by atoms with Gasteiger partial charge in [-0.25, -0.2) is 4.79 Å². The van der Waals surface area contributed by atoms with Crippen LogP contribution in [-0.4, -0.2) is 23.1 Å². The van der Waals surface area contributed by atoms with E-state index in [4.69, 9.17) is 4.98 Å². The molecule has 5 aromatic rings. The lowest BCUT2D eigenvalue weighted by molar-refractivity contribution is 0.602. The van der Waals surface area contributed by atoms with Crippen molar-refractivity contribution in [3.05, 3.63) is 105 Å². The van der Waals surface area contributed by atoms with Crippen LogP contribution in [0.1, 0.15) is 29.8 Å². The third-order valence-electron chi connectivity index (χ3n) is 6.20. The Kier molecular flexibility index (Phi) is 4.81. The Balaban J connectivity index is 1.68. The zero-order valence-electron chi connectivity index (χ0n) is 18.4. The predicted octanol–water partition coefficient (Wildman–Crippen LogP) is 3.31. The molecule has 162 valence electrons. The van der Waals surface area contributed by atoms with Gasteiger partial charge in [-0.2, -0.15) is 4.98 Å². The molecule has 0 aliphatic carbocycles. The highest BCUT2D eigenvalue weighted by atomic mass is 16.2. The number of imidazole rings is 2. The molecule has 0 aliphatic rings. The second-order valence-electron chi connectivity index (χ2n) is 8.22. The lowest BCUT2D eigenvalue weighted by atomic mass is 10.1. The lowest BCUT2D eigenvalue weighted by Crippen LogP contribution is -2.39. The molecule has 7 nitrogen and oxygen atoms in total. The SMILES string of the molecule is Cc1cn2c3c(=O)n(CCc4ccccc4)c(=O)n(C)c3nc2n1[C@H](C)c1ccccc1. The predicted molar refractivity (Wildman–Crippen MR) is 125 cm³/mol. The Bertz CT molecular complexity index is 1540. The second kappa shape index (κ2) is 7.67. The molecule has 0 aliphatic heterocycles. The molecule has 0 fully saturated rings. The van der Waals surface area contributed by atoms with Crippen molar-refractivity contribution in [3.63, 3.8) is 0 Å². The van der Waals surface area contributed by atoms with E-state index in [0.717, 1.165) is 16.8 Å². The number of fused-ring (bicyclic) bond motifs is 3. The van der Waals surface area contributed by atoms with Crippen molar-refractivity contribution in [2.45, 2.75) is 32.9 Å². The van der Waals surface area contributed by atoms with Crippen molar-refractivity contribution in [2.75, 3.05) is 0 Å². The Labute approximate surface area is 184 Å². The summed E-state index contributed by atoms with van der Waals surface area (Å²) in [5.74, 6) is 0.654. The molecular formula is C25H25N5O2. The molecule has 0 N–H and O–H groups in total. The Morgan fingerprint density at radius 2 is 1.62 bits per heavy atom. The number of rotatable bonds is 5.